The minimum atomic E-state index is -0.405. The number of amides is 1. The van der Waals surface area contributed by atoms with Crippen LogP contribution in [-0.4, -0.2) is 24.5 Å². The highest BCUT2D eigenvalue weighted by Gasteiger charge is 2.13. The van der Waals surface area contributed by atoms with Crippen LogP contribution in [0.2, 0.25) is 0 Å². The third-order valence-electron chi connectivity index (χ3n) is 4.77. The van der Waals surface area contributed by atoms with Crippen LogP contribution in [0.15, 0.2) is 53.5 Å². The van der Waals surface area contributed by atoms with Gasteiger partial charge in [-0.05, 0) is 50.2 Å². The molecule has 0 radical (unpaired) electrons. The second kappa shape index (κ2) is 8.71. The number of hydrogen-bond donors (Lipinski definition) is 3. The molecule has 6 nitrogen and oxygen atoms in total. The van der Waals surface area contributed by atoms with Crippen LogP contribution in [0.1, 0.15) is 41.4 Å². The Morgan fingerprint density at radius 2 is 1.93 bits per heavy atom. The summed E-state index contributed by atoms with van der Waals surface area (Å²) in [5.41, 5.74) is 2.58. The first-order valence-corrected chi connectivity index (χ1v) is 9.36. The van der Waals surface area contributed by atoms with Crippen molar-refractivity contribution in [2.45, 2.75) is 26.4 Å². The van der Waals surface area contributed by atoms with Crippen LogP contribution in [0.5, 0.6) is 5.75 Å². The second-order valence-electron chi connectivity index (χ2n) is 6.61. The molecule has 0 aliphatic carbocycles. The maximum atomic E-state index is 12.7. The molecule has 0 aliphatic heterocycles. The van der Waals surface area contributed by atoms with E-state index in [0.717, 1.165) is 5.56 Å². The van der Waals surface area contributed by atoms with E-state index in [0.29, 0.717) is 29.8 Å². The first-order chi connectivity index (χ1) is 13.5. The molecular formula is C22H25N3O3. The fourth-order valence-corrected chi connectivity index (χ4v) is 2.99. The minimum absolute atomic E-state index is 0.0848. The summed E-state index contributed by atoms with van der Waals surface area (Å²) >= 11 is 0. The SMILES string of the molecule is CCOc1ccc2[nH]cc(C(=O)NCc3ccc(C(C)NC)cc3)c(=O)c2c1. The lowest BCUT2D eigenvalue weighted by atomic mass is 10.1. The molecule has 1 heterocycles. The van der Waals surface area contributed by atoms with Gasteiger partial charge in [0.05, 0.1) is 6.61 Å². The third kappa shape index (κ3) is 4.23. The standard InChI is InChI=1S/C22H25N3O3/c1-4-28-17-9-10-20-18(11-17)21(26)19(13-24-20)22(27)25-12-15-5-7-16(8-6-15)14(2)23-3/h5-11,13-14,23H,4,12H2,1-3H3,(H,24,26)(H,25,27). The average molecular weight is 379 g/mol. The number of carbonyl (C=O) groups is 1. The first-order valence-electron chi connectivity index (χ1n) is 9.36. The van der Waals surface area contributed by atoms with E-state index in [4.69, 9.17) is 4.74 Å². The quantitative estimate of drug-likeness (QED) is 0.589. The fraction of sp³-hybridized carbons (Fsp3) is 0.273. The summed E-state index contributed by atoms with van der Waals surface area (Å²) in [6.45, 7) is 4.82. The molecule has 3 aromatic rings. The third-order valence-corrected chi connectivity index (χ3v) is 4.77. The maximum absolute atomic E-state index is 12.7. The molecular weight excluding hydrogens is 354 g/mol. The molecule has 1 unspecified atom stereocenters. The first kappa shape index (κ1) is 19.6. The summed E-state index contributed by atoms with van der Waals surface area (Å²) < 4.78 is 5.45. The van der Waals surface area contributed by atoms with Crippen LogP contribution in [0.3, 0.4) is 0 Å². The van der Waals surface area contributed by atoms with Crippen molar-refractivity contribution in [1.29, 1.82) is 0 Å². The number of H-pyrrole nitrogens is 1. The molecule has 0 aliphatic rings. The van der Waals surface area contributed by atoms with E-state index in [-0.39, 0.29) is 17.0 Å². The summed E-state index contributed by atoms with van der Waals surface area (Å²) in [5, 5.41) is 6.44. The van der Waals surface area contributed by atoms with E-state index in [1.54, 1.807) is 18.2 Å². The van der Waals surface area contributed by atoms with Gasteiger partial charge in [0, 0.05) is 29.7 Å². The zero-order valence-electron chi connectivity index (χ0n) is 16.3. The highest BCUT2D eigenvalue weighted by Crippen LogP contribution is 2.17. The maximum Gasteiger partial charge on any atom is 0.257 e. The molecule has 1 atom stereocenters. The van der Waals surface area contributed by atoms with Crippen molar-refractivity contribution < 1.29 is 9.53 Å². The highest BCUT2D eigenvalue weighted by molar-refractivity contribution is 5.97. The Kier molecular flexibility index (Phi) is 6.11. The molecule has 0 fully saturated rings. The van der Waals surface area contributed by atoms with Gasteiger partial charge in [-0.3, -0.25) is 9.59 Å². The Morgan fingerprint density at radius 1 is 1.18 bits per heavy atom. The number of nitrogens with one attached hydrogen (secondary N) is 3. The van der Waals surface area contributed by atoms with Crippen LogP contribution in [-0.2, 0) is 6.54 Å². The molecule has 28 heavy (non-hydrogen) atoms. The predicted molar refractivity (Wildman–Crippen MR) is 111 cm³/mol. The molecule has 0 bridgehead atoms. The molecule has 0 saturated carbocycles. The monoisotopic (exact) mass is 379 g/mol. The molecule has 0 saturated heterocycles. The Labute approximate surface area is 163 Å². The summed E-state index contributed by atoms with van der Waals surface area (Å²) in [6, 6.07) is 13.5. The van der Waals surface area contributed by atoms with Crippen molar-refractivity contribution in [3.63, 3.8) is 0 Å². The molecule has 6 heteroatoms. The summed E-state index contributed by atoms with van der Waals surface area (Å²) in [5.74, 6) is 0.201. The second-order valence-corrected chi connectivity index (χ2v) is 6.61. The van der Waals surface area contributed by atoms with Gasteiger partial charge < -0.3 is 20.4 Å². The van der Waals surface area contributed by atoms with Gasteiger partial charge in [-0.2, -0.15) is 0 Å². The van der Waals surface area contributed by atoms with Gasteiger partial charge in [-0.25, -0.2) is 0 Å². The predicted octanol–water partition coefficient (Wildman–Crippen LogP) is 3.14. The fourth-order valence-electron chi connectivity index (χ4n) is 2.99. The lowest BCUT2D eigenvalue weighted by molar-refractivity contribution is 0.0949. The number of pyridine rings is 1. The largest absolute Gasteiger partial charge is 0.494 e. The van der Waals surface area contributed by atoms with Crippen molar-refractivity contribution in [3.8, 4) is 5.75 Å². The lowest BCUT2D eigenvalue weighted by Gasteiger charge is -2.11. The number of benzene rings is 2. The van der Waals surface area contributed by atoms with Crippen molar-refractivity contribution in [1.82, 2.24) is 15.6 Å². The number of ether oxygens (including phenoxy) is 1. The number of aromatic nitrogens is 1. The molecule has 0 spiro atoms. The van der Waals surface area contributed by atoms with E-state index < -0.39 is 5.91 Å². The van der Waals surface area contributed by atoms with Crippen molar-refractivity contribution in [2.75, 3.05) is 13.7 Å². The van der Waals surface area contributed by atoms with E-state index >= 15 is 0 Å². The van der Waals surface area contributed by atoms with Gasteiger partial charge in [0.15, 0.2) is 0 Å². The van der Waals surface area contributed by atoms with Gasteiger partial charge >= 0.3 is 0 Å². The number of rotatable bonds is 7. The Bertz CT molecular complexity index is 1030. The molecule has 3 rings (SSSR count). The average Bonchev–Trinajstić information content (AvgIpc) is 2.72. The summed E-state index contributed by atoms with van der Waals surface area (Å²) in [7, 11) is 1.91. The van der Waals surface area contributed by atoms with Crippen LogP contribution < -0.4 is 20.8 Å². The van der Waals surface area contributed by atoms with Crippen LogP contribution >= 0.6 is 0 Å². The Hall–Kier alpha value is -3.12. The van der Waals surface area contributed by atoms with Gasteiger partial charge in [0.25, 0.3) is 5.91 Å². The lowest BCUT2D eigenvalue weighted by Crippen LogP contribution is -2.28. The van der Waals surface area contributed by atoms with E-state index in [1.807, 2.05) is 38.2 Å². The normalized spacial score (nSPS) is 12.0. The van der Waals surface area contributed by atoms with Crippen LogP contribution in [0.25, 0.3) is 10.9 Å². The summed E-state index contributed by atoms with van der Waals surface area (Å²) in [4.78, 5) is 28.3. The van der Waals surface area contributed by atoms with Crippen LogP contribution in [0, 0.1) is 0 Å². The van der Waals surface area contributed by atoms with Gasteiger partial charge in [-0.1, -0.05) is 24.3 Å². The van der Waals surface area contributed by atoms with Gasteiger partial charge in [-0.15, -0.1) is 0 Å². The topological polar surface area (TPSA) is 83.2 Å². The van der Waals surface area contributed by atoms with E-state index in [2.05, 4.69) is 22.5 Å². The van der Waals surface area contributed by atoms with Crippen molar-refractivity contribution >= 4 is 16.8 Å². The molecule has 2 aromatic carbocycles. The zero-order valence-corrected chi connectivity index (χ0v) is 16.3. The van der Waals surface area contributed by atoms with E-state index in [9.17, 15) is 9.59 Å². The number of hydrogen-bond acceptors (Lipinski definition) is 4. The Morgan fingerprint density at radius 3 is 2.61 bits per heavy atom. The van der Waals surface area contributed by atoms with Crippen molar-refractivity contribution in [3.05, 3.63) is 75.6 Å². The number of carbonyl (C=O) groups excluding carboxylic acids is 1. The smallest absolute Gasteiger partial charge is 0.257 e. The molecule has 3 N–H and O–H groups in total. The minimum Gasteiger partial charge on any atom is -0.494 e. The summed E-state index contributed by atoms with van der Waals surface area (Å²) in [6.07, 6.45) is 1.46. The van der Waals surface area contributed by atoms with Gasteiger partial charge in [0.1, 0.15) is 11.3 Å². The number of fused-ring (bicyclic) bond motifs is 1. The van der Waals surface area contributed by atoms with Crippen molar-refractivity contribution in [2.24, 2.45) is 0 Å². The zero-order chi connectivity index (χ0) is 20.1. The van der Waals surface area contributed by atoms with E-state index in [1.165, 1.54) is 11.8 Å². The van der Waals surface area contributed by atoms with Crippen LogP contribution in [0.4, 0.5) is 0 Å². The van der Waals surface area contributed by atoms with Gasteiger partial charge in [0.2, 0.25) is 5.43 Å². The molecule has 146 valence electrons. The highest BCUT2D eigenvalue weighted by atomic mass is 16.5. The Balaban J connectivity index is 1.76. The molecule has 1 aromatic heterocycles. The number of aromatic amines is 1. The molecule has 1 amide bonds.